The average molecular weight is 363 g/mol. The number of fused-ring (bicyclic) bond motifs is 1. The van der Waals surface area contributed by atoms with E-state index >= 15 is 0 Å². The number of nitrogens with zero attached hydrogens (tertiary/aromatic N) is 1. The van der Waals surface area contributed by atoms with Gasteiger partial charge in [-0.15, -0.1) is 0 Å². The first-order valence-electron chi connectivity index (χ1n) is 9.20. The molecule has 0 radical (unpaired) electrons. The van der Waals surface area contributed by atoms with Gasteiger partial charge in [0.2, 0.25) is 0 Å². The first-order valence-corrected chi connectivity index (χ1v) is 9.20. The zero-order valence-electron chi connectivity index (χ0n) is 15.2. The fourth-order valence-electron chi connectivity index (χ4n) is 3.52. The van der Waals surface area contributed by atoms with Crippen LogP contribution in [0, 0.1) is 0 Å². The first-order chi connectivity index (χ1) is 13.1. The molecule has 1 atom stereocenters. The summed E-state index contributed by atoms with van der Waals surface area (Å²) in [5.74, 6) is 0.503. The quantitative estimate of drug-likeness (QED) is 0.661. The minimum atomic E-state index is -0.579. The first kappa shape index (κ1) is 17.3. The van der Waals surface area contributed by atoms with Gasteiger partial charge in [-0.1, -0.05) is 30.3 Å². The predicted octanol–water partition coefficient (Wildman–Crippen LogP) is 3.85. The highest BCUT2D eigenvalue weighted by Gasteiger charge is 2.24. The lowest BCUT2D eigenvalue weighted by Crippen LogP contribution is -2.38. The summed E-state index contributed by atoms with van der Waals surface area (Å²) >= 11 is 0. The van der Waals surface area contributed by atoms with Gasteiger partial charge in [0.15, 0.2) is 6.10 Å². The highest BCUT2D eigenvalue weighted by molar-refractivity contribution is 5.93. The standard InChI is InChI=1S/C22H21NO4/c1-15(22(25)23-11-5-6-12-23)26-17-9-10-18-19(16-7-3-2-4-8-16)14-21(24)27-20(18)13-17/h2-4,7-10,13-15H,5-6,11-12H2,1H3. The van der Waals surface area contributed by atoms with Gasteiger partial charge in [-0.05, 0) is 43.0 Å². The van der Waals surface area contributed by atoms with E-state index in [4.69, 9.17) is 9.15 Å². The minimum Gasteiger partial charge on any atom is -0.481 e. The molecule has 4 rings (SSSR count). The summed E-state index contributed by atoms with van der Waals surface area (Å²) in [5.41, 5.74) is 1.79. The smallest absolute Gasteiger partial charge is 0.336 e. The molecule has 2 heterocycles. The largest absolute Gasteiger partial charge is 0.481 e. The van der Waals surface area contributed by atoms with E-state index in [1.54, 1.807) is 13.0 Å². The zero-order valence-corrected chi connectivity index (χ0v) is 15.2. The van der Waals surface area contributed by atoms with Crippen molar-refractivity contribution in [3.05, 3.63) is 65.0 Å². The lowest BCUT2D eigenvalue weighted by Gasteiger charge is -2.21. The number of carbonyl (C=O) groups excluding carboxylic acids is 1. The molecule has 1 unspecified atom stereocenters. The van der Waals surface area contributed by atoms with E-state index in [1.165, 1.54) is 6.07 Å². The van der Waals surface area contributed by atoms with Crippen molar-refractivity contribution >= 4 is 16.9 Å². The number of benzene rings is 2. The van der Waals surface area contributed by atoms with E-state index in [1.807, 2.05) is 47.4 Å². The van der Waals surface area contributed by atoms with Crippen molar-refractivity contribution < 1.29 is 13.9 Å². The van der Waals surface area contributed by atoms with Crippen LogP contribution in [0.4, 0.5) is 0 Å². The Balaban J connectivity index is 1.64. The summed E-state index contributed by atoms with van der Waals surface area (Å²) in [6, 6.07) is 16.5. The highest BCUT2D eigenvalue weighted by Crippen LogP contribution is 2.30. The summed E-state index contributed by atoms with van der Waals surface area (Å²) < 4.78 is 11.2. The van der Waals surface area contributed by atoms with Crippen molar-refractivity contribution in [2.45, 2.75) is 25.9 Å². The monoisotopic (exact) mass is 363 g/mol. The Labute approximate surface area is 157 Å². The molecule has 0 spiro atoms. The molecule has 1 aromatic heterocycles. The van der Waals surface area contributed by atoms with Gasteiger partial charge >= 0.3 is 5.63 Å². The van der Waals surface area contributed by atoms with E-state index in [0.29, 0.717) is 11.3 Å². The molecule has 27 heavy (non-hydrogen) atoms. The van der Waals surface area contributed by atoms with Gasteiger partial charge in [-0.2, -0.15) is 0 Å². The molecule has 1 saturated heterocycles. The van der Waals surface area contributed by atoms with Crippen molar-refractivity contribution in [3.8, 4) is 16.9 Å². The van der Waals surface area contributed by atoms with Crippen molar-refractivity contribution in [2.75, 3.05) is 13.1 Å². The Morgan fingerprint density at radius 2 is 1.81 bits per heavy atom. The maximum Gasteiger partial charge on any atom is 0.336 e. The molecule has 1 aliphatic rings. The van der Waals surface area contributed by atoms with E-state index < -0.39 is 11.7 Å². The van der Waals surface area contributed by atoms with Gasteiger partial charge in [0.1, 0.15) is 11.3 Å². The normalized spacial score (nSPS) is 15.1. The van der Waals surface area contributed by atoms with Crippen LogP contribution in [-0.4, -0.2) is 30.0 Å². The summed E-state index contributed by atoms with van der Waals surface area (Å²) in [6.45, 7) is 3.33. The fraction of sp³-hybridized carbons (Fsp3) is 0.273. The van der Waals surface area contributed by atoms with Gasteiger partial charge < -0.3 is 14.1 Å². The topological polar surface area (TPSA) is 59.8 Å². The average Bonchev–Trinajstić information content (AvgIpc) is 3.22. The molecular formula is C22H21NO4. The second-order valence-electron chi connectivity index (χ2n) is 6.80. The van der Waals surface area contributed by atoms with Crippen molar-refractivity contribution in [3.63, 3.8) is 0 Å². The molecule has 0 N–H and O–H groups in total. The van der Waals surface area contributed by atoms with Crippen LogP contribution < -0.4 is 10.4 Å². The Bertz CT molecular complexity index is 1020. The lowest BCUT2D eigenvalue weighted by atomic mass is 10.0. The molecule has 2 aromatic carbocycles. The number of amides is 1. The number of ether oxygens (including phenoxy) is 1. The molecule has 3 aromatic rings. The number of hydrogen-bond donors (Lipinski definition) is 0. The van der Waals surface area contributed by atoms with Crippen LogP contribution in [0.15, 0.2) is 63.8 Å². The van der Waals surface area contributed by atoms with E-state index in [2.05, 4.69) is 0 Å². The number of rotatable bonds is 4. The lowest BCUT2D eigenvalue weighted by molar-refractivity contribution is -0.136. The van der Waals surface area contributed by atoms with E-state index in [0.717, 1.165) is 42.4 Å². The Hall–Kier alpha value is -3.08. The van der Waals surface area contributed by atoms with Gasteiger partial charge in [-0.25, -0.2) is 4.79 Å². The second kappa shape index (κ2) is 7.27. The maximum atomic E-state index is 12.4. The van der Waals surface area contributed by atoms with Crippen LogP contribution in [0.25, 0.3) is 22.1 Å². The fourth-order valence-corrected chi connectivity index (χ4v) is 3.52. The van der Waals surface area contributed by atoms with Crippen LogP contribution in [0.1, 0.15) is 19.8 Å². The van der Waals surface area contributed by atoms with Crippen LogP contribution >= 0.6 is 0 Å². The van der Waals surface area contributed by atoms with Crippen molar-refractivity contribution in [1.29, 1.82) is 0 Å². The summed E-state index contributed by atoms with van der Waals surface area (Å²) in [7, 11) is 0. The maximum absolute atomic E-state index is 12.4. The van der Waals surface area contributed by atoms with Crippen molar-refractivity contribution in [2.24, 2.45) is 0 Å². The van der Waals surface area contributed by atoms with Crippen LogP contribution in [-0.2, 0) is 4.79 Å². The third kappa shape index (κ3) is 3.58. The van der Waals surface area contributed by atoms with Crippen LogP contribution in [0.2, 0.25) is 0 Å². The third-order valence-electron chi connectivity index (χ3n) is 4.88. The number of hydrogen-bond acceptors (Lipinski definition) is 4. The Morgan fingerprint density at radius 1 is 1.07 bits per heavy atom. The van der Waals surface area contributed by atoms with Gasteiger partial charge in [-0.3, -0.25) is 4.79 Å². The molecule has 0 bridgehead atoms. The van der Waals surface area contributed by atoms with Gasteiger partial charge in [0.25, 0.3) is 5.91 Å². The Kier molecular flexibility index (Phi) is 4.67. The molecule has 1 amide bonds. The molecule has 0 aliphatic carbocycles. The highest BCUT2D eigenvalue weighted by atomic mass is 16.5. The molecule has 5 nitrogen and oxygen atoms in total. The molecule has 138 valence electrons. The van der Waals surface area contributed by atoms with Crippen molar-refractivity contribution in [1.82, 2.24) is 4.90 Å². The summed E-state index contributed by atoms with van der Waals surface area (Å²) in [5, 5.41) is 0.826. The summed E-state index contributed by atoms with van der Waals surface area (Å²) in [4.78, 5) is 26.3. The van der Waals surface area contributed by atoms with Crippen LogP contribution in [0.3, 0.4) is 0 Å². The molecule has 0 saturated carbocycles. The predicted molar refractivity (Wildman–Crippen MR) is 104 cm³/mol. The SMILES string of the molecule is CC(Oc1ccc2c(-c3ccccc3)cc(=O)oc2c1)C(=O)N1CCCC1. The van der Waals surface area contributed by atoms with Gasteiger partial charge in [0.05, 0.1) is 0 Å². The van der Waals surface area contributed by atoms with Gasteiger partial charge in [0, 0.05) is 30.6 Å². The molecular weight excluding hydrogens is 342 g/mol. The van der Waals surface area contributed by atoms with Crippen LogP contribution in [0.5, 0.6) is 5.75 Å². The molecule has 5 heteroatoms. The second-order valence-corrected chi connectivity index (χ2v) is 6.80. The Morgan fingerprint density at radius 3 is 2.56 bits per heavy atom. The molecule has 1 fully saturated rings. The van der Waals surface area contributed by atoms with E-state index in [-0.39, 0.29) is 5.91 Å². The number of likely N-dealkylation sites (tertiary alicyclic amines) is 1. The van der Waals surface area contributed by atoms with E-state index in [9.17, 15) is 9.59 Å². The summed E-state index contributed by atoms with van der Waals surface area (Å²) in [6.07, 6.45) is 1.51. The molecule has 1 aliphatic heterocycles. The number of carbonyl (C=O) groups is 1. The minimum absolute atomic E-state index is 0.00733. The third-order valence-corrected chi connectivity index (χ3v) is 4.88. The zero-order chi connectivity index (χ0) is 18.8.